The highest BCUT2D eigenvalue weighted by Crippen LogP contribution is 2.16. The Morgan fingerprint density at radius 2 is 2.25 bits per heavy atom. The normalized spacial score (nSPS) is 13.0. The highest BCUT2D eigenvalue weighted by atomic mass is 127. The van der Waals surface area contributed by atoms with E-state index in [1.807, 2.05) is 13.0 Å². The molecule has 0 aliphatic heterocycles. The zero-order valence-electron chi connectivity index (χ0n) is 6.85. The van der Waals surface area contributed by atoms with E-state index in [9.17, 15) is 4.39 Å². The summed E-state index contributed by atoms with van der Waals surface area (Å²) in [4.78, 5) is 0. The monoisotopic (exact) mass is 279 g/mol. The zero-order chi connectivity index (χ0) is 9.14. The number of hydrogen-bond acceptors (Lipinski definition) is 1. The first-order valence-electron chi connectivity index (χ1n) is 3.79. The Hall–Kier alpha value is -0.160. The van der Waals surface area contributed by atoms with Gasteiger partial charge >= 0.3 is 0 Å². The molecule has 0 saturated carbocycles. The van der Waals surface area contributed by atoms with Crippen LogP contribution in [-0.2, 0) is 6.42 Å². The number of hydrogen-bond donors (Lipinski definition) is 1. The van der Waals surface area contributed by atoms with Crippen molar-refractivity contribution in [3.05, 3.63) is 33.1 Å². The van der Waals surface area contributed by atoms with Gasteiger partial charge in [-0.3, -0.25) is 0 Å². The van der Waals surface area contributed by atoms with Crippen LogP contribution in [0.1, 0.15) is 12.5 Å². The summed E-state index contributed by atoms with van der Waals surface area (Å²) in [6.45, 7) is 1.88. The molecular weight excluding hydrogens is 268 g/mol. The van der Waals surface area contributed by atoms with Gasteiger partial charge in [0, 0.05) is 15.2 Å². The van der Waals surface area contributed by atoms with E-state index in [1.54, 1.807) is 6.07 Å². The van der Waals surface area contributed by atoms with E-state index in [4.69, 9.17) is 5.73 Å². The summed E-state index contributed by atoms with van der Waals surface area (Å²) in [5, 5.41) is 0. The van der Waals surface area contributed by atoms with Crippen LogP contribution < -0.4 is 5.73 Å². The molecule has 0 aromatic heterocycles. The smallest absolute Gasteiger partial charge is 0.127 e. The van der Waals surface area contributed by atoms with Crippen molar-refractivity contribution in [3.8, 4) is 0 Å². The van der Waals surface area contributed by atoms with Crippen molar-refractivity contribution in [1.82, 2.24) is 0 Å². The minimum atomic E-state index is -0.154. The average Bonchev–Trinajstić information content (AvgIpc) is 1.97. The van der Waals surface area contributed by atoms with Gasteiger partial charge in [-0.05, 0) is 48.1 Å². The van der Waals surface area contributed by atoms with Crippen molar-refractivity contribution in [2.45, 2.75) is 19.4 Å². The molecule has 0 unspecified atom stereocenters. The SMILES string of the molecule is C[C@@H](N)Cc1c(F)cccc1I. The molecule has 0 aliphatic carbocycles. The predicted molar refractivity (Wildman–Crippen MR) is 56.5 cm³/mol. The molecule has 66 valence electrons. The van der Waals surface area contributed by atoms with Crippen LogP contribution in [0.3, 0.4) is 0 Å². The quantitative estimate of drug-likeness (QED) is 0.826. The van der Waals surface area contributed by atoms with Gasteiger partial charge in [-0.25, -0.2) is 4.39 Å². The molecule has 0 amide bonds. The molecule has 0 aliphatic rings. The molecule has 3 heteroatoms. The minimum Gasteiger partial charge on any atom is -0.328 e. The first kappa shape index (κ1) is 9.92. The number of benzene rings is 1. The Balaban J connectivity index is 2.96. The van der Waals surface area contributed by atoms with Crippen LogP contribution in [0.4, 0.5) is 4.39 Å². The summed E-state index contributed by atoms with van der Waals surface area (Å²) in [6.07, 6.45) is 0.602. The summed E-state index contributed by atoms with van der Waals surface area (Å²) in [7, 11) is 0. The van der Waals surface area contributed by atoms with Crippen molar-refractivity contribution in [3.63, 3.8) is 0 Å². The summed E-state index contributed by atoms with van der Waals surface area (Å²) >= 11 is 2.12. The van der Waals surface area contributed by atoms with Crippen LogP contribution in [0, 0.1) is 9.39 Å². The predicted octanol–water partition coefficient (Wildman–Crippen LogP) is 2.32. The maximum Gasteiger partial charge on any atom is 0.127 e. The van der Waals surface area contributed by atoms with Crippen LogP contribution in [0.2, 0.25) is 0 Å². The number of rotatable bonds is 2. The Morgan fingerprint density at radius 1 is 1.58 bits per heavy atom. The van der Waals surface area contributed by atoms with Gasteiger partial charge in [0.05, 0.1) is 0 Å². The first-order valence-corrected chi connectivity index (χ1v) is 4.87. The van der Waals surface area contributed by atoms with E-state index in [-0.39, 0.29) is 11.9 Å². The van der Waals surface area contributed by atoms with Gasteiger partial charge in [-0.1, -0.05) is 6.07 Å². The fourth-order valence-electron chi connectivity index (χ4n) is 1.05. The van der Waals surface area contributed by atoms with Crippen molar-refractivity contribution >= 4 is 22.6 Å². The first-order chi connectivity index (χ1) is 5.61. The van der Waals surface area contributed by atoms with Gasteiger partial charge in [0.15, 0.2) is 0 Å². The summed E-state index contributed by atoms with van der Waals surface area (Å²) in [6, 6.07) is 5.08. The second-order valence-corrected chi connectivity index (χ2v) is 4.04. The van der Waals surface area contributed by atoms with Gasteiger partial charge in [0.2, 0.25) is 0 Å². The van der Waals surface area contributed by atoms with E-state index in [0.717, 1.165) is 9.13 Å². The molecule has 12 heavy (non-hydrogen) atoms. The molecule has 1 rings (SSSR count). The van der Waals surface area contributed by atoms with Crippen LogP contribution >= 0.6 is 22.6 Å². The highest BCUT2D eigenvalue weighted by Gasteiger charge is 2.07. The lowest BCUT2D eigenvalue weighted by Gasteiger charge is -2.08. The van der Waals surface area contributed by atoms with Crippen molar-refractivity contribution in [2.24, 2.45) is 5.73 Å². The fourth-order valence-corrected chi connectivity index (χ4v) is 1.73. The van der Waals surface area contributed by atoms with Crippen molar-refractivity contribution in [1.29, 1.82) is 0 Å². The molecule has 1 atom stereocenters. The van der Waals surface area contributed by atoms with Crippen molar-refractivity contribution in [2.75, 3.05) is 0 Å². The van der Waals surface area contributed by atoms with Crippen molar-refractivity contribution < 1.29 is 4.39 Å². The maximum atomic E-state index is 13.2. The van der Waals surface area contributed by atoms with Crippen LogP contribution in [0.25, 0.3) is 0 Å². The molecule has 0 spiro atoms. The van der Waals surface area contributed by atoms with Gasteiger partial charge in [0.25, 0.3) is 0 Å². The lowest BCUT2D eigenvalue weighted by Crippen LogP contribution is -2.19. The second kappa shape index (κ2) is 4.18. The topological polar surface area (TPSA) is 26.0 Å². The molecule has 1 nitrogen and oxygen atoms in total. The molecular formula is C9H11FIN. The lowest BCUT2D eigenvalue weighted by atomic mass is 10.1. The summed E-state index contributed by atoms with van der Waals surface area (Å²) < 4.78 is 14.1. The van der Waals surface area contributed by atoms with Gasteiger partial charge in [-0.15, -0.1) is 0 Å². The van der Waals surface area contributed by atoms with E-state index < -0.39 is 0 Å². The second-order valence-electron chi connectivity index (χ2n) is 2.88. The Bertz CT molecular complexity index is 253. The average molecular weight is 279 g/mol. The molecule has 2 N–H and O–H groups in total. The number of nitrogens with two attached hydrogens (primary N) is 1. The molecule has 0 saturated heterocycles. The number of halogens is 2. The fraction of sp³-hybridized carbons (Fsp3) is 0.333. The third kappa shape index (κ3) is 2.42. The Labute approximate surface area is 85.3 Å². The third-order valence-electron chi connectivity index (χ3n) is 1.59. The lowest BCUT2D eigenvalue weighted by molar-refractivity contribution is 0.594. The Kier molecular flexibility index (Phi) is 3.46. The molecule has 0 bridgehead atoms. The van der Waals surface area contributed by atoms with E-state index in [1.165, 1.54) is 6.07 Å². The zero-order valence-corrected chi connectivity index (χ0v) is 9.01. The van der Waals surface area contributed by atoms with Gasteiger partial charge < -0.3 is 5.73 Å². The van der Waals surface area contributed by atoms with Gasteiger partial charge in [-0.2, -0.15) is 0 Å². The van der Waals surface area contributed by atoms with E-state index in [0.29, 0.717) is 6.42 Å². The van der Waals surface area contributed by atoms with Crippen LogP contribution in [-0.4, -0.2) is 6.04 Å². The summed E-state index contributed by atoms with van der Waals surface area (Å²) in [5.41, 5.74) is 6.32. The van der Waals surface area contributed by atoms with Crippen LogP contribution in [0.5, 0.6) is 0 Å². The van der Waals surface area contributed by atoms with E-state index in [2.05, 4.69) is 22.6 Å². The third-order valence-corrected chi connectivity index (χ3v) is 2.60. The molecule has 1 aromatic carbocycles. The van der Waals surface area contributed by atoms with Gasteiger partial charge in [0.1, 0.15) is 5.82 Å². The molecule has 1 aromatic rings. The maximum absolute atomic E-state index is 13.2. The molecule has 0 heterocycles. The standard InChI is InChI=1S/C9H11FIN/c1-6(12)5-7-8(10)3-2-4-9(7)11/h2-4,6H,5,12H2,1H3/t6-/m1/s1. The summed E-state index contributed by atoms with van der Waals surface area (Å²) in [5.74, 6) is -0.154. The molecule has 0 radical (unpaired) electrons. The largest absolute Gasteiger partial charge is 0.328 e. The minimum absolute atomic E-state index is 0.00964. The van der Waals surface area contributed by atoms with Crippen LogP contribution in [0.15, 0.2) is 18.2 Å². The Morgan fingerprint density at radius 3 is 2.75 bits per heavy atom. The van der Waals surface area contributed by atoms with E-state index >= 15 is 0 Å². The highest BCUT2D eigenvalue weighted by molar-refractivity contribution is 14.1. The molecule has 0 fully saturated rings.